The Morgan fingerprint density at radius 1 is 1.19 bits per heavy atom. The summed E-state index contributed by atoms with van der Waals surface area (Å²) in [6.07, 6.45) is 3.33. The molecule has 32 heavy (non-hydrogen) atoms. The van der Waals surface area contributed by atoms with Crippen molar-refractivity contribution in [2.24, 2.45) is 5.92 Å². The summed E-state index contributed by atoms with van der Waals surface area (Å²) in [5, 5.41) is 0. The number of thiazole rings is 1. The van der Waals surface area contributed by atoms with E-state index in [-0.39, 0.29) is 15.8 Å². The van der Waals surface area contributed by atoms with Crippen molar-refractivity contribution in [3.63, 3.8) is 0 Å². The number of sulfonamides is 1. The van der Waals surface area contributed by atoms with E-state index in [4.69, 9.17) is 0 Å². The van der Waals surface area contributed by atoms with Gasteiger partial charge in [-0.1, -0.05) is 37.3 Å². The van der Waals surface area contributed by atoms with Crippen LogP contribution >= 0.6 is 11.3 Å². The van der Waals surface area contributed by atoms with Gasteiger partial charge in [-0.25, -0.2) is 13.1 Å². The van der Waals surface area contributed by atoms with Crippen molar-refractivity contribution in [3.05, 3.63) is 57.7 Å². The summed E-state index contributed by atoms with van der Waals surface area (Å²) in [6.45, 7) is 8.92. The quantitative estimate of drug-likeness (QED) is 0.538. The van der Waals surface area contributed by atoms with Crippen LogP contribution in [0.25, 0.3) is 10.2 Å². The number of rotatable bonds is 7. The van der Waals surface area contributed by atoms with E-state index >= 15 is 0 Å². The van der Waals surface area contributed by atoms with Gasteiger partial charge in [-0.15, -0.1) is 0 Å². The lowest BCUT2D eigenvalue weighted by atomic mass is 9.99. The number of anilines is 1. The Kier molecular flexibility index (Phi) is 6.74. The number of aromatic nitrogens is 1. The van der Waals surface area contributed by atoms with Crippen LogP contribution in [0.5, 0.6) is 0 Å². The van der Waals surface area contributed by atoms with Gasteiger partial charge in [0.1, 0.15) is 0 Å². The lowest BCUT2D eigenvalue weighted by molar-refractivity contribution is 0.447. The molecule has 2 atom stereocenters. The summed E-state index contributed by atoms with van der Waals surface area (Å²) in [7, 11) is -3.72. The van der Waals surface area contributed by atoms with Gasteiger partial charge >= 0.3 is 4.87 Å². The molecule has 0 unspecified atom stereocenters. The van der Waals surface area contributed by atoms with Crippen LogP contribution in [0.4, 0.5) is 5.69 Å². The Balaban J connectivity index is 1.51. The first-order chi connectivity index (χ1) is 15.3. The number of hydrogen-bond acceptors (Lipinski definition) is 5. The zero-order valence-corrected chi connectivity index (χ0v) is 20.5. The Bertz CT molecular complexity index is 1250. The Morgan fingerprint density at radius 3 is 2.62 bits per heavy atom. The molecule has 3 aromatic rings. The van der Waals surface area contributed by atoms with Crippen molar-refractivity contribution in [3.8, 4) is 0 Å². The first-order valence-electron chi connectivity index (χ1n) is 11.3. The maximum atomic E-state index is 13.0. The molecule has 2 heterocycles. The minimum absolute atomic E-state index is 0.0547. The van der Waals surface area contributed by atoms with Crippen LogP contribution in [-0.4, -0.2) is 26.1 Å². The molecule has 8 heteroatoms. The third kappa shape index (κ3) is 4.77. The number of piperidine rings is 1. The van der Waals surface area contributed by atoms with Crippen LogP contribution in [0.2, 0.25) is 0 Å². The molecular weight excluding hydrogens is 442 g/mol. The topological polar surface area (TPSA) is 71.4 Å². The summed E-state index contributed by atoms with van der Waals surface area (Å²) in [6, 6.07) is 12.7. The smallest absolute Gasteiger partial charge is 0.308 e. The standard InChI is InChI=1S/C24H31N3O3S2/c1-4-13-27-22-12-11-21(15-23(22)31-24(27)28)32(29,30)25-18(3)19-7-9-20(10-8-19)26-14-5-6-17(2)16-26/h7-12,15,17-18,25H,4-6,13-14,16H2,1-3H3/t17-,18+/m1/s1. The van der Waals surface area contributed by atoms with E-state index in [2.05, 4.69) is 28.7 Å². The predicted octanol–water partition coefficient (Wildman–Crippen LogP) is 4.75. The van der Waals surface area contributed by atoms with Crippen molar-refractivity contribution < 1.29 is 8.42 Å². The maximum Gasteiger partial charge on any atom is 0.308 e. The average Bonchev–Trinajstić information content (AvgIpc) is 3.08. The molecule has 0 spiro atoms. The zero-order chi connectivity index (χ0) is 22.9. The van der Waals surface area contributed by atoms with Gasteiger partial charge in [0.15, 0.2) is 0 Å². The van der Waals surface area contributed by atoms with E-state index in [9.17, 15) is 13.2 Å². The van der Waals surface area contributed by atoms with Crippen molar-refractivity contribution in [2.75, 3.05) is 18.0 Å². The second-order valence-electron chi connectivity index (χ2n) is 8.78. The monoisotopic (exact) mass is 473 g/mol. The van der Waals surface area contributed by atoms with Gasteiger partial charge in [0.05, 0.1) is 15.1 Å². The molecule has 1 saturated heterocycles. The molecule has 1 aromatic heterocycles. The Morgan fingerprint density at radius 2 is 1.94 bits per heavy atom. The first kappa shape index (κ1) is 23.0. The minimum Gasteiger partial charge on any atom is -0.371 e. The summed E-state index contributed by atoms with van der Waals surface area (Å²) in [5.41, 5.74) is 2.89. The van der Waals surface area contributed by atoms with Crippen molar-refractivity contribution >= 4 is 37.3 Å². The van der Waals surface area contributed by atoms with Crippen LogP contribution in [0, 0.1) is 5.92 Å². The predicted molar refractivity (Wildman–Crippen MR) is 132 cm³/mol. The van der Waals surface area contributed by atoms with E-state index in [1.165, 1.54) is 18.5 Å². The molecule has 2 aromatic carbocycles. The first-order valence-corrected chi connectivity index (χ1v) is 13.6. The van der Waals surface area contributed by atoms with Crippen molar-refractivity contribution in [1.82, 2.24) is 9.29 Å². The number of aryl methyl sites for hydroxylation is 1. The minimum atomic E-state index is -3.72. The number of fused-ring (bicyclic) bond motifs is 1. The van der Waals surface area contributed by atoms with E-state index in [1.807, 2.05) is 26.0 Å². The Labute approximate surface area is 193 Å². The van der Waals surface area contributed by atoms with Gasteiger partial charge in [-0.05, 0) is 68.0 Å². The van der Waals surface area contributed by atoms with Crippen LogP contribution in [0.3, 0.4) is 0 Å². The second kappa shape index (κ2) is 9.37. The largest absolute Gasteiger partial charge is 0.371 e. The van der Waals surface area contributed by atoms with Gasteiger partial charge in [0.25, 0.3) is 0 Å². The van der Waals surface area contributed by atoms with E-state index in [0.29, 0.717) is 17.2 Å². The molecule has 0 amide bonds. The van der Waals surface area contributed by atoms with Gasteiger partial charge in [-0.3, -0.25) is 9.36 Å². The fraction of sp³-hybridized carbons (Fsp3) is 0.458. The summed E-state index contributed by atoms with van der Waals surface area (Å²) < 4.78 is 31.2. The summed E-state index contributed by atoms with van der Waals surface area (Å²) in [4.78, 5) is 14.8. The number of hydrogen-bond donors (Lipinski definition) is 1. The number of benzene rings is 2. The van der Waals surface area contributed by atoms with E-state index in [0.717, 1.165) is 41.9 Å². The van der Waals surface area contributed by atoms with Gasteiger partial charge in [0.2, 0.25) is 10.0 Å². The third-order valence-corrected chi connectivity index (χ3v) is 8.62. The third-order valence-electron chi connectivity index (χ3n) is 6.14. The maximum absolute atomic E-state index is 13.0. The van der Waals surface area contributed by atoms with E-state index < -0.39 is 10.0 Å². The molecular formula is C24H31N3O3S2. The molecule has 0 radical (unpaired) electrons. The van der Waals surface area contributed by atoms with Crippen LogP contribution < -0.4 is 14.5 Å². The molecule has 1 fully saturated rings. The molecule has 6 nitrogen and oxygen atoms in total. The Hall–Kier alpha value is -2.16. The summed E-state index contributed by atoms with van der Waals surface area (Å²) >= 11 is 1.09. The second-order valence-corrected chi connectivity index (χ2v) is 11.5. The molecule has 1 aliphatic rings. The fourth-order valence-electron chi connectivity index (χ4n) is 4.42. The highest BCUT2D eigenvalue weighted by molar-refractivity contribution is 7.89. The zero-order valence-electron chi connectivity index (χ0n) is 18.9. The average molecular weight is 474 g/mol. The normalized spacial score (nSPS) is 18.2. The SMILES string of the molecule is CCCn1c(=O)sc2cc(S(=O)(=O)N[C@@H](C)c3ccc(N4CCC[C@@H](C)C4)cc3)ccc21. The molecule has 0 bridgehead atoms. The van der Waals surface area contributed by atoms with Gasteiger partial charge in [-0.2, -0.15) is 0 Å². The fourth-order valence-corrected chi connectivity index (χ4v) is 6.70. The van der Waals surface area contributed by atoms with Crippen LogP contribution in [0.15, 0.2) is 52.2 Å². The molecule has 172 valence electrons. The number of nitrogens with zero attached hydrogens (tertiary/aromatic N) is 2. The van der Waals surface area contributed by atoms with Crippen molar-refractivity contribution in [2.45, 2.75) is 57.5 Å². The molecule has 4 rings (SSSR count). The highest BCUT2D eigenvalue weighted by Gasteiger charge is 2.21. The number of nitrogens with one attached hydrogen (secondary N) is 1. The van der Waals surface area contributed by atoms with Crippen molar-refractivity contribution in [1.29, 1.82) is 0 Å². The lowest BCUT2D eigenvalue weighted by Crippen LogP contribution is -2.34. The highest BCUT2D eigenvalue weighted by Crippen LogP contribution is 2.26. The van der Waals surface area contributed by atoms with Crippen LogP contribution in [-0.2, 0) is 16.6 Å². The van der Waals surface area contributed by atoms with Gasteiger partial charge in [0, 0.05) is 31.4 Å². The molecule has 1 N–H and O–H groups in total. The highest BCUT2D eigenvalue weighted by atomic mass is 32.2. The van der Waals surface area contributed by atoms with E-state index in [1.54, 1.807) is 22.8 Å². The lowest BCUT2D eigenvalue weighted by Gasteiger charge is -2.33. The molecule has 1 aliphatic heterocycles. The summed E-state index contributed by atoms with van der Waals surface area (Å²) in [5.74, 6) is 0.698. The molecule has 0 saturated carbocycles. The molecule has 0 aliphatic carbocycles. The van der Waals surface area contributed by atoms with Crippen LogP contribution in [0.1, 0.15) is 51.6 Å². The van der Waals surface area contributed by atoms with Gasteiger partial charge < -0.3 is 4.90 Å².